The molecule has 3 rings (SSSR count). The average Bonchev–Trinajstić information content (AvgIpc) is 2.67. The second kappa shape index (κ2) is 8.95. The first-order valence-corrected chi connectivity index (χ1v) is 8.72. The number of aliphatic carboxylic acids is 1. The van der Waals surface area contributed by atoms with E-state index >= 15 is 0 Å². The number of anilines is 2. The summed E-state index contributed by atoms with van der Waals surface area (Å²) in [5.41, 5.74) is 1.64. The van der Waals surface area contributed by atoms with E-state index in [1.54, 1.807) is 12.3 Å². The molecule has 0 saturated carbocycles. The van der Waals surface area contributed by atoms with Crippen LogP contribution < -0.4 is 10.6 Å². The zero-order valence-electron chi connectivity index (χ0n) is 14.4. The van der Waals surface area contributed by atoms with E-state index in [-0.39, 0.29) is 13.0 Å². The van der Waals surface area contributed by atoms with Gasteiger partial charge in [-0.05, 0) is 29.8 Å². The summed E-state index contributed by atoms with van der Waals surface area (Å²) in [6, 6.07) is 14.8. The fourth-order valence-electron chi connectivity index (χ4n) is 2.37. The molecule has 0 aliphatic carbocycles. The summed E-state index contributed by atoms with van der Waals surface area (Å²) in [5.74, 6) is 0.703. The third-order valence-corrected chi connectivity index (χ3v) is 3.86. The van der Waals surface area contributed by atoms with Gasteiger partial charge < -0.3 is 15.7 Å². The van der Waals surface area contributed by atoms with Crippen LogP contribution in [0.3, 0.4) is 0 Å². The first-order chi connectivity index (χ1) is 13.1. The molecule has 0 aliphatic heterocycles. The van der Waals surface area contributed by atoms with Crippen LogP contribution >= 0.6 is 11.6 Å². The molecule has 2 aromatic heterocycles. The molecule has 8 heteroatoms. The van der Waals surface area contributed by atoms with Gasteiger partial charge in [0.15, 0.2) is 5.82 Å². The number of benzene rings is 1. The van der Waals surface area contributed by atoms with Gasteiger partial charge in [-0.1, -0.05) is 29.8 Å². The molecule has 0 spiro atoms. The van der Waals surface area contributed by atoms with E-state index in [0.717, 1.165) is 5.56 Å². The Bertz CT molecular complexity index is 921. The van der Waals surface area contributed by atoms with Gasteiger partial charge in [0.1, 0.15) is 17.3 Å². The number of nitrogens with zero attached hydrogens (tertiary/aromatic N) is 3. The number of aromatic nitrogens is 3. The van der Waals surface area contributed by atoms with Crippen LogP contribution in [0.5, 0.6) is 0 Å². The molecule has 138 valence electrons. The number of carbonyl (C=O) groups is 1. The zero-order chi connectivity index (χ0) is 19.1. The average molecular weight is 384 g/mol. The molecular formula is C19H18ClN5O2. The highest BCUT2D eigenvalue weighted by molar-refractivity contribution is 6.30. The van der Waals surface area contributed by atoms with Gasteiger partial charge in [0, 0.05) is 30.4 Å². The number of carboxylic acids is 1. The highest BCUT2D eigenvalue weighted by Gasteiger charge is 2.08. The van der Waals surface area contributed by atoms with E-state index in [1.165, 1.54) is 0 Å². The van der Waals surface area contributed by atoms with Crippen molar-refractivity contribution in [3.05, 3.63) is 65.3 Å². The number of carboxylic acid groups (broad SMARTS) is 1. The lowest BCUT2D eigenvalue weighted by molar-refractivity contribution is -0.136. The molecule has 0 fully saturated rings. The largest absolute Gasteiger partial charge is 0.481 e. The second-order valence-corrected chi connectivity index (χ2v) is 6.17. The molecule has 1 aromatic carbocycles. The Morgan fingerprint density at radius 2 is 1.85 bits per heavy atom. The van der Waals surface area contributed by atoms with Gasteiger partial charge in [0.25, 0.3) is 0 Å². The number of hydrogen-bond acceptors (Lipinski definition) is 6. The van der Waals surface area contributed by atoms with Crippen molar-refractivity contribution in [3.63, 3.8) is 0 Å². The summed E-state index contributed by atoms with van der Waals surface area (Å²) in [6.07, 6.45) is 1.66. The summed E-state index contributed by atoms with van der Waals surface area (Å²) in [7, 11) is 0. The molecule has 0 atom stereocenters. The first kappa shape index (κ1) is 18.6. The summed E-state index contributed by atoms with van der Waals surface area (Å²) in [6.45, 7) is 0.801. The number of halogens is 1. The Kier molecular flexibility index (Phi) is 6.17. The van der Waals surface area contributed by atoms with Crippen molar-refractivity contribution in [2.75, 3.05) is 17.2 Å². The number of nitrogens with one attached hydrogen (secondary N) is 2. The smallest absolute Gasteiger partial charge is 0.305 e. The van der Waals surface area contributed by atoms with E-state index in [4.69, 9.17) is 16.7 Å². The SMILES string of the molecule is O=C(O)CCNc1cc(NCc2cccc(Cl)c2)nc(-c2ccccn2)n1. The first-order valence-electron chi connectivity index (χ1n) is 8.34. The lowest BCUT2D eigenvalue weighted by atomic mass is 10.2. The van der Waals surface area contributed by atoms with Gasteiger partial charge in [0.05, 0.1) is 6.42 Å². The third-order valence-electron chi connectivity index (χ3n) is 3.63. The lowest BCUT2D eigenvalue weighted by Gasteiger charge is -2.11. The summed E-state index contributed by atoms with van der Waals surface area (Å²) in [4.78, 5) is 23.9. The van der Waals surface area contributed by atoms with Crippen LogP contribution in [0.15, 0.2) is 54.7 Å². The molecule has 0 aliphatic rings. The lowest BCUT2D eigenvalue weighted by Crippen LogP contribution is -2.11. The third kappa shape index (κ3) is 5.65. The van der Waals surface area contributed by atoms with E-state index in [1.807, 2.05) is 42.5 Å². The number of pyridine rings is 1. The second-order valence-electron chi connectivity index (χ2n) is 5.73. The van der Waals surface area contributed by atoms with Crippen LogP contribution in [0.25, 0.3) is 11.5 Å². The number of rotatable bonds is 8. The van der Waals surface area contributed by atoms with Gasteiger partial charge in [-0.15, -0.1) is 0 Å². The summed E-state index contributed by atoms with van der Waals surface area (Å²) >= 11 is 6.02. The molecule has 0 unspecified atom stereocenters. The topological polar surface area (TPSA) is 100 Å². The normalized spacial score (nSPS) is 10.4. The Morgan fingerprint density at radius 3 is 2.56 bits per heavy atom. The van der Waals surface area contributed by atoms with E-state index in [2.05, 4.69) is 25.6 Å². The fraction of sp³-hybridized carbons (Fsp3) is 0.158. The maximum atomic E-state index is 10.7. The highest BCUT2D eigenvalue weighted by Crippen LogP contribution is 2.19. The highest BCUT2D eigenvalue weighted by atomic mass is 35.5. The van der Waals surface area contributed by atoms with Crippen LogP contribution in [0, 0.1) is 0 Å². The molecule has 7 nitrogen and oxygen atoms in total. The van der Waals surface area contributed by atoms with Gasteiger partial charge in [-0.3, -0.25) is 9.78 Å². The van der Waals surface area contributed by atoms with Crippen LogP contribution in [0.1, 0.15) is 12.0 Å². The van der Waals surface area contributed by atoms with Crippen LogP contribution in [0.2, 0.25) is 5.02 Å². The zero-order valence-corrected chi connectivity index (χ0v) is 15.1. The van der Waals surface area contributed by atoms with E-state index in [0.29, 0.717) is 34.7 Å². The number of hydrogen-bond donors (Lipinski definition) is 3. The summed E-state index contributed by atoms with van der Waals surface area (Å²) < 4.78 is 0. The van der Waals surface area contributed by atoms with Crippen molar-refractivity contribution >= 4 is 29.2 Å². The van der Waals surface area contributed by atoms with E-state index < -0.39 is 5.97 Å². The molecule has 0 amide bonds. The Hall–Kier alpha value is -3.19. The predicted octanol–water partition coefficient (Wildman–Crippen LogP) is 3.69. The maximum absolute atomic E-state index is 10.7. The maximum Gasteiger partial charge on any atom is 0.305 e. The predicted molar refractivity (Wildman–Crippen MR) is 105 cm³/mol. The molecule has 3 aromatic rings. The Labute approximate surface area is 161 Å². The van der Waals surface area contributed by atoms with Gasteiger partial charge in [-0.2, -0.15) is 0 Å². The van der Waals surface area contributed by atoms with Gasteiger partial charge in [-0.25, -0.2) is 9.97 Å². The minimum atomic E-state index is -0.874. The van der Waals surface area contributed by atoms with Crippen molar-refractivity contribution in [3.8, 4) is 11.5 Å². The van der Waals surface area contributed by atoms with Crippen molar-refractivity contribution in [1.82, 2.24) is 15.0 Å². The molecule has 0 radical (unpaired) electrons. The van der Waals surface area contributed by atoms with Crippen molar-refractivity contribution in [2.24, 2.45) is 0 Å². The van der Waals surface area contributed by atoms with Gasteiger partial charge >= 0.3 is 5.97 Å². The molecule has 3 N–H and O–H groups in total. The fourth-order valence-corrected chi connectivity index (χ4v) is 2.59. The Balaban J connectivity index is 1.81. The van der Waals surface area contributed by atoms with Crippen molar-refractivity contribution < 1.29 is 9.90 Å². The standard InChI is InChI=1S/C19H18ClN5O2/c20-14-5-3-4-13(10-14)12-23-17-11-16(22-9-7-18(26)27)24-19(25-17)15-6-1-2-8-21-15/h1-6,8,10-11H,7,9,12H2,(H,26,27)(H2,22,23,24,25). The molecule has 0 saturated heterocycles. The van der Waals surface area contributed by atoms with E-state index in [9.17, 15) is 4.79 Å². The van der Waals surface area contributed by atoms with Crippen LogP contribution in [-0.4, -0.2) is 32.6 Å². The minimum absolute atomic E-state index is 0.00575. The molecule has 0 bridgehead atoms. The summed E-state index contributed by atoms with van der Waals surface area (Å²) in [5, 5.41) is 15.7. The molecular weight excluding hydrogens is 366 g/mol. The minimum Gasteiger partial charge on any atom is -0.481 e. The quantitative estimate of drug-likeness (QED) is 0.545. The monoisotopic (exact) mass is 383 g/mol. The van der Waals surface area contributed by atoms with Crippen LogP contribution in [0.4, 0.5) is 11.6 Å². The van der Waals surface area contributed by atoms with Crippen molar-refractivity contribution in [2.45, 2.75) is 13.0 Å². The van der Waals surface area contributed by atoms with Crippen molar-refractivity contribution in [1.29, 1.82) is 0 Å². The molecule has 27 heavy (non-hydrogen) atoms. The van der Waals surface area contributed by atoms with Crippen LogP contribution in [-0.2, 0) is 11.3 Å². The Morgan fingerprint density at radius 1 is 1.04 bits per heavy atom. The molecule has 2 heterocycles. The van der Waals surface area contributed by atoms with Gasteiger partial charge in [0.2, 0.25) is 0 Å².